The smallest absolute Gasteiger partial charge is 0.272 e. The third-order valence-electron chi connectivity index (χ3n) is 3.79. The molecule has 104 valence electrons. The lowest BCUT2D eigenvalue weighted by atomic mass is 9.80. The summed E-state index contributed by atoms with van der Waals surface area (Å²) in [7, 11) is 0. The zero-order valence-corrected chi connectivity index (χ0v) is 11.4. The Kier molecular flexibility index (Phi) is 4.31. The molecule has 3 unspecified atom stereocenters. The minimum absolute atomic E-state index is 0.164. The second-order valence-electron chi connectivity index (χ2n) is 5.42. The maximum Gasteiger partial charge on any atom is 0.272 e. The third-order valence-corrected chi connectivity index (χ3v) is 3.79. The fourth-order valence-corrected chi connectivity index (χ4v) is 2.65. The second-order valence-corrected chi connectivity index (χ2v) is 5.42. The van der Waals surface area contributed by atoms with Crippen molar-refractivity contribution in [2.24, 2.45) is 17.7 Å². The standard InChI is InChI=1S/C13H21N5O/c1-8-3-4-10(9(2)7-8)15-13(19)11-5-6-12(16-14)18-17-11/h5-6,8-10H,3-4,7,14H2,1-2H3,(H,15,19)(H,16,18). The molecule has 2 rings (SSSR count). The largest absolute Gasteiger partial charge is 0.348 e. The first-order valence-electron chi connectivity index (χ1n) is 6.71. The van der Waals surface area contributed by atoms with Gasteiger partial charge in [-0.05, 0) is 43.2 Å². The van der Waals surface area contributed by atoms with Crippen LogP contribution >= 0.6 is 0 Å². The van der Waals surface area contributed by atoms with E-state index in [1.165, 1.54) is 0 Å². The summed E-state index contributed by atoms with van der Waals surface area (Å²) in [5, 5.41) is 10.7. The van der Waals surface area contributed by atoms with Crippen molar-refractivity contribution in [2.45, 2.75) is 39.2 Å². The van der Waals surface area contributed by atoms with Crippen molar-refractivity contribution in [1.29, 1.82) is 0 Å². The number of nitrogens with zero attached hydrogens (tertiary/aromatic N) is 2. The molecule has 0 radical (unpaired) electrons. The van der Waals surface area contributed by atoms with Crippen molar-refractivity contribution >= 4 is 11.7 Å². The molecule has 1 aromatic rings. The molecule has 0 spiro atoms. The molecule has 3 atom stereocenters. The highest BCUT2D eigenvalue weighted by atomic mass is 16.2. The van der Waals surface area contributed by atoms with Gasteiger partial charge in [-0.3, -0.25) is 4.79 Å². The van der Waals surface area contributed by atoms with Crippen LogP contribution in [0, 0.1) is 11.8 Å². The lowest BCUT2D eigenvalue weighted by Crippen LogP contribution is -2.42. The molecule has 0 aromatic carbocycles. The topological polar surface area (TPSA) is 92.9 Å². The molecule has 6 heteroatoms. The molecule has 19 heavy (non-hydrogen) atoms. The number of hydrogen-bond acceptors (Lipinski definition) is 5. The Bertz CT molecular complexity index is 433. The van der Waals surface area contributed by atoms with Crippen LogP contribution in [0.4, 0.5) is 5.82 Å². The fraction of sp³-hybridized carbons (Fsp3) is 0.615. The Hall–Kier alpha value is -1.69. The van der Waals surface area contributed by atoms with E-state index in [0.29, 0.717) is 17.4 Å². The molecule has 4 N–H and O–H groups in total. The van der Waals surface area contributed by atoms with Crippen molar-refractivity contribution < 1.29 is 4.79 Å². The van der Waals surface area contributed by atoms with E-state index in [-0.39, 0.29) is 11.9 Å². The van der Waals surface area contributed by atoms with Crippen LogP contribution in [0.1, 0.15) is 43.6 Å². The monoisotopic (exact) mass is 263 g/mol. The van der Waals surface area contributed by atoms with E-state index in [9.17, 15) is 4.79 Å². The Morgan fingerprint density at radius 1 is 1.32 bits per heavy atom. The van der Waals surface area contributed by atoms with E-state index in [1.54, 1.807) is 12.1 Å². The predicted octanol–water partition coefficient (Wildman–Crippen LogP) is 1.32. The van der Waals surface area contributed by atoms with E-state index in [4.69, 9.17) is 5.84 Å². The minimum Gasteiger partial charge on any atom is -0.348 e. The van der Waals surface area contributed by atoms with Gasteiger partial charge in [0.05, 0.1) is 0 Å². The molecule has 1 aromatic heterocycles. The molecule has 1 amide bonds. The van der Waals surface area contributed by atoms with Gasteiger partial charge in [-0.2, -0.15) is 0 Å². The summed E-state index contributed by atoms with van der Waals surface area (Å²) in [5.41, 5.74) is 2.70. The van der Waals surface area contributed by atoms with Gasteiger partial charge in [0.15, 0.2) is 11.5 Å². The highest BCUT2D eigenvalue weighted by Gasteiger charge is 2.27. The minimum atomic E-state index is -0.164. The lowest BCUT2D eigenvalue weighted by molar-refractivity contribution is 0.0893. The van der Waals surface area contributed by atoms with Crippen molar-refractivity contribution in [3.63, 3.8) is 0 Å². The van der Waals surface area contributed by atoms with Gasteiger partial charge in [-0.1, -0.05) is 13.8 Å². The van der Waals surface area contributed by atoms with Gasteiger partial charge in [0.1, 0.15) is 0 Å². The van der Waals surface area contributed by atoms with E-state index in [2.05, 4.69) is 34.8 Å². The normalized spacial score (nSPS) is 26.8. The first-order valence-corrected chi connectivity index (χ1v) is 6.71. The van der Waals surface area contributed by atoms with E-state index in [0.717, 1.165) is 25.2 Å². The fourth-order valence-electron chi connectivity index (χ4n) is 2.65. The summed E-state index contributed by atoms with van der Waals surface area (Å²) in [5.74, 6) is 6.73. The van der Waals surface area contributed by atoms with Crippen molar-refractivity contribution in [1.82, 2.24) is 15.5 Å². The van der Waals surface area contributed by atoms with Crippen LogP contribution < -0.4 is 16.6 Å². The number of nitrogens with one attached hydrogen (secondary N) is 2. The lowest BCUT2D eigenvalue weighted by Gasteiger charge is -2.32. The van der Waals surface area contributed by atoms with Crippen molar-refractivity contribution in [3.8, 4) is 0 Å². The molecular weight excluding hydrogens is 242 g/mol. The van der Waals surface area contributed by atoms with Crippen LogP contribution in [0.25, 0.3) is 0 Å². The predicted molar refractivity (Wildman–Crippen MR) is 73.3 cm³/mol. The molecule has 1 heterocycles. The number of aromatic nitrogens is 2. The summed E-state index contributed by atoms with van der Waals surface area (Å²) in [4.78, 5) is 12.1. The Labute approximate surface area is 113 Å². The summed E-state index contributed by atoms with van der Waals surface area (Å²) >= 11 is 0. The van der Waals surface area contributed by atoms with Crippen LogP contribution in [0.2, 0.25) is 0 Å². The molecular formula is C13H21N5O. The van der Waals surface area contributed by atoms with Gasteiger partial charge >= 0.3 is 0 Å². The number of hydrazine groups is 1. The number of amides is 1. The number of rotatable bonds is 3. The molecule has 0 aliphatic heterocycles. The van der Waals surface area contributed by atoms with E-state index >= 15 is 0 Å². The maximum atomic E-state index is 12.1. The molecule has 1 fully saturated rings. The number of anilines is 1. The van der Waals surface area contributed by atoms with Crippen LogP contribution in [0.15, 0.2) is 12.1 Å². The Morgan fingerprint density at radius 2 is 2.11 bits per heavy atom. The molecule has 0 bridgehead atoms. The molecule has 1 aliphatic carbocycles. The number of carbonyl (C=O) groups is 1. The quantitative estimate of drug-likeness (QED) is 0.565. The van der Waals surface area contributed by atoms with E-state index in [1.807, 2.05) is 0 Å². The van der Waals surface area contributed by atoms with Crippen molar-refractivity contribution in [2.75, 3.05) is 5.43 Å². The molecule has 6 nitrogen and oxygen atoms in total. The third kappa shape index (κ3) is 3.41. The number of nitrogens with two attached hydrogens (primary N) is 1. The van der Waals surface area contributed by atoms with Crippen LogP contribution in [-0.4, -0.2) is 22.1 Å². The van der Waals surface area contributed by atoms with Gasteiger partial charge in [0.25, 0.3) is 5.91 Å². The summed E-state index contributed by atoms with van der Waals surface area (Å²) in [6, 6.07) is 3.49. The second kappa shape index (κ2) is 5.97. The highest BCUT2D eigenvalue weighted by Crippen LogP contribution is 2.28. The summed E-state index contributed by atoms with van der Waals surface area (Å²) in [6.07, 6.45) is 3.35. The summed E-state index contributed by atoms with van der Waals surface area (Å²) < 4.78 is 0. The van der Waals surface area contributed by atoms with Crippen LogP contribution in [0.5, 0.6) is 0 Å². The number of carbonyl (C=O) groups excluding carboxylic acids is 1. The van der Waals surface area contributed by atoms with Gasteiger partial charge in [-0.15, -0.1) is 10.2 Å². The van der Waals surface area contributed by atoms with Gasteiger partial charge in [0.2, 0.25) is 0 Å². The first-order chi connectivity index (χ1) is 9.10. The van der Waals surface area contributed by atoms with Gasteiger partial charge < -0.3 is 10.7 Å². The summed E-state index contributed by atoms with van der Waals surface area (Å²) in [6.45, 7) is 4.45. The first kappa shape index (κ1) is 13.7. The zero-order valence-electron chi connectivity index (χ0n) is 11.4. The molecule has 0 saturated heterocycles. The average Bonchev–Trinajstić information content (AvgIpc) is 2.42. The average molecular weight is 263 g/mol. The number of nitrogen functional groups attached to an aromatic ring is 1. The zero-order chi connectivity index (χ0) is 13.8. The molecule has 1 aliphatic rings. The van der Waals surface area contributed by atoms with Crippen molar-refractivity contribution in [3.05, 3.63) is 17.8 Å². The number of hydrogen-bond donors (Lipinski definition) is 3. The van der Waals surface area contributed by atoms with Gasteiger partial charge in [-0.25, -0.2) is 5.84 Å². The van der Waals surface area contributed by atoms with E-state index < -0.39 is 0 Å². The molecule has 1 saturated carbocycles. The SMILES string of the molecule is CC1CCC(NC(=O)c2ccc(NN)nn2)C(C)C1. The Morgan fingerprint density at radius 3 is 2.68 bits per heavy atom. The van der Waals surface area contributed by atoms with Gasteiger partial charge in [0, 0.05) is 6.04 Å². The Balaban J connectivity index is 1.96. The maximum absolute atomic E-state index is 12.1. The van der Waals surface area contributed by atoms with Crippen LogP contribution in [0.3, 0.4) is 0 Å². The van der Waals surface area contributed by atoms with Crippen LogP contribution in [-0.2, 0) is 0 Å². The highest BCUT2D eigenvalue weighted by molar-refractivity contribution is 5.92.